The molecule has 6 rings (SSSR count). The van der Waals surface area contributed by atoms with E-state index in [1.54, 1.807) is 18.3 Å². The molecule has 0 saturated carbocycles. The Morgan fingerprint density at radius 3 is 2.69 bits per heavy atom. The molecule has 1 aromatic carbocycles. The summed E-state index contributed by atoms with van der Waals surface area (Å²) in [6.45, 7) is 1.36. The molecule has 178 valence electrons. The Kier molecular flexibility index (Phi) is 5.13. The van der Waals surface area contributed by atoms with Gasteiger partial charge in [0.1, 0.15) is 0 Å². The molecular formula is C23H20Cl2N8O2. The maximum Gasteiger partial charge on any atom is 0.334 e. The van der Waals surface area contributed by atoms with Crippen molar-refractivity contribution in [2.75, 3.05) is 18.0 Å². The van der Waals surface area contributed by atoms with Gasteiger partial charge in [0.15, 0.2) is 11.2 Å². The topological polar surface area (TPSA) is 136 Å². The Morgan fingerprint density at radius 2 is 1.91 bits per heavy atom. The summed E-state index contributed by atoms with van der Waals surface area (Å²) in [6.07, 6.45) is 6.31. The van der Waals surface area contributed by atoms with Gasteiger partial charge in [0.05, 0.1) is 15.7 Å². The molecular weight excluding hydrogens is 491 g/mol. The molecule has 3 N–H and O–H groups in total. The first-order valence-corrected chi connectivity index (χ1v) is 11.9. The highest BCUT2D eigenvalue weighted by Gasteiger charge is 2.46. The number of nitrogens with two attached hydrogens (primary N) is 1. The van der Waals surface area contributed by atoms with Crippen molar-refractivity contribution in [3.63, 3.8) is 0 Å². The predicted molar refractivity (Wildman–Crippen MR) is 132 cm³/mol. The van der Waals surface area contributed by atoms with Gasteiger partial charge in [0, 0.05) is 31.5 Å². The highest BCUT2D eigenvalue weighted by atomic mass is 35.5. The van der Waals surface area contributed by atoms with E-state index in [9.17, 15) is 9.59 Å². The largest absolute Gasteiger partial charge is 0.339 e. The van der Waals surface area contributed by atoms with E-state index in [1.165, 1.54) is 17.2 Å². The zero-order valence-electron chi connectivity index (χ0n) is 18.4. The number of H-pyrrole nitrogens is 1. The number of pyridine rings is 1. The van der Waals surface area contributed by atoms with E-state index in [0.717, 1.165) is 23.8 Å². The van der Waals surface area contributed by atoms with Gasteiger partial charge in [-0.05, 0) is 54.0 Å². The first-order chi connectivity index (χ1) is 16.9. The number of hydrogen-bond donors (Lipinski definition) is 2. The Bertz CT molecular complexity index is 1590. The van der Waals surface area contributed by atoms with E-state index in [-0.39, 0.29) is 38.4 Å². The second kappa shape index (κ2) is 8.11. The third-order valence-corrected chi connectivity index (χ3v) is 8.01. The lowest BCUT2D eigenvalue weighted by molar-refractivity contribution is 0.187. The van der Waals surface area contributed by atoms with Crippen molar-refractivity contribution in [1.82, 2.24) is 29.7 Å². The molecule has 4 aromatic rings. The van der Waals surface area contributed by atoms with E-state index in [4.69, 9.17) is 28.9 Å². The summed E-state index contributed by atoms with van der Waals surface area (Å²) in [7, 11) is 0. The van der Waals surface area contributed by atoms with Crippen LogP contribution in [0.2, 0.25) is 10.0 Å². The molecule has 0 radical (unpaired) electrons. The summed E-state index contributed by atoms with van der Waals surface area (Å²) < 4.78 is 0.880. The van der Waals surface area contributed by atoms with Crippen molar-refractivity contribution in [3.05, 3.63) is 78.7 Å². The lowest BCUT2D eigenvalue weighted by Crippen LogP contribution is -2.45. The average Bonchev–Trinajstić information content (AvgIpc) is 3.13. The fraction of sp³-hybridized carbons (Fsp3) is 0.304. The van der Waals surface area contributed by atoms with Crippen molar-refractivity contribution >= 4 is 40.3 Å². The molecule has 1 saturated heterocycles. The minimum Gasteiger partial charge on any atom is -0.339 e. The maximum atomic E-state index is 13.1. The molecule has 1 aliphatic carbocycles. The summed E-state index contributed by atoms with van der Waals surface area (Å²) in [4.78, 5) is 39.2. The van der Waals surface area contributed by atoms with E-state index >= 15 is 0 Å². The number of aromatic amines is 1. The zero-order valence-corrected chi connectivity index (χ0v) is 19.9. The summed E-state index contributed by atoms with van der Waals surface area (Å²) in [5.74, 6) is 0.353. The Labute approximate surface area is 208 Å². The molecule has 0 amide bonds. The van der Waals surface area contributed by atoms with Gasteiger partial charge in [0.2, 0.25) is 5.95 Å². The van der Waals surface area contributed by atoms with Gasteiger partial charge in [0.25, 0.3) is 5.56 Å². The number of rotatable bonds is 2. The van der Waals surface area contributed by atoms with E-state index < -0.39 is 11.2 Å². The molecule has 1 atom stereocenters. The summed E-state index contributed by atoms with van der Waals surface area (Å²) in [5, 5.41) is 8.61. The summed E-state index contributed by atoms with van der Waals surface area (Å²) >= 11 is 12.3. The van der Waals surface area contributed by atoms with Crippen LogP contribution in [0.5, 0.6) is 0 Å². The predicted octanol–water partition coefficient (Wildman–Crippen LogP) is 2.41. The normalized spacial score (nSPS) is 18.8. The van der Waals surface area contributed by atoms with Crippen LogP contribution in [0.1, 0.15) is 30.0 Å². The van der Waals surface area contributed by atoms with Crippen LogP contribution in [-0.2, 0) is 6.42 Å². The number of fused-ring (bicyclic) bond motifs is 2. The molecule has 35 heavy (non-hydrogen) atoms. The molecule has 1 aliphatic heterocycles. The van der Waals surface area contributed by atoms with Gasteiger partial charge in [-0.3, -0.25) is 14.8 Å². The number of aromatic nitrogens is 6. The number of benzene rings is 1. The molecule has 10 nitrogen and oxygen atoms in total. The highest BCUT2D eigenvalue weighted by Crippen LogP contribution is 2.50. The van der Waals surface area contributed by atoms with Crippen LogP contribution in [-0.4, -0.2) is 42.8 Å². The first-order valence-electron chi connectivity index (χ1n) is 11.2. The molecule has 1 spiro atoms. The minimum atomic E-state index is -0.695. The number of nitrogens with one attached hydrogen (secondary N) is 1. The van der Waals surface area contributed by atoms with Crippen LogP contribution < -0.4 is 21.9 Å². The van der Waals surface area contributed by atoms with Crippen molar-refractivity contribution in [1.29, 1.82) is 0 Å². The van der Waals surface area contributed by atoms with E-state index in [2.05, 4.69) is 25.1 Å². The minimum absolute atomic E-state index is 0.0234. The SMILES string of the molecule is N[C@@H]1c2ccncc2CC12CCN(c1nnc3c(=O)n(-c4cccc(Cl)c4Cl)c(=O)[nH]c3n1)CC2. The lowest BCUT2D eigenvalue weighted by atomic mass is 9.73. The maximum absolute atomic E-state index is 13.1. The average molecular weight is 511 g/mol. The smallest absolute Gasteiger partial charge is 0.334 e. The van der Waals surface area contributed by atoms with Crippen molar-refractivity contribution in [3.8, 4) is 5.69 Å². The van der Waals surface area contributed by atoms with Crippen molar-refractivity contribution < 1.29 is 0 Å². The molecule has 4 heterocycles. The van der Waals surface area contributed by atoms with Crippen LogP contribution in [0.25, 0.3) is 16.9 Å². The van der Waals surface area contributed by atoms with Gasteiger partial charge in [-0.15, -0.1) is 10.2 Å². The number of halogens is 2. The van der Waals surface area contributed by atoms with Crippen LogP contribution in [0.3, 0.4) is 0 Å². The van der Waals surface area contributed by atoms with Crippen LogP contribution in [0.15, 0.2) is 46.2 Å². The first kappa shape index (κ1) is 22.1. The summed E-state index contributed by atoms with van der Waals surface area (Å²) in [5.41, 5.74) is 7.78. The molecule has 2 aliphatic rings. The van der Waals surface area contributed by atoms with Crippen LogP contribution >= 0.6 is 23.2 Å². The number of nitrogens with zero attached hydrogens (tertiary/aromatic N) is 6. The Balaban J connectivity index is 1.30. The van der Waals surface area contributed by atoms with Crippen molar-refractivity contribution in [2.45, 2.75) is 25.3 Å². The van der Waals surface area contributed by atoms with Crippen LogP contribution in [0, 0.1) is 5.41 Å². The fourth-order valence-corrected chi connectivity index (χ4v) is 5.65. The number of hydrogen-bond acceptors (Lipinski definition) is 8. The Morgan fingerprint density at radius 1 is 1.11 bits per heavy atom. The molecule has 1 fully saturated rings. The van der Waals surface area contributed by atoms with Gasteiger partial charge >= 0.3 is 5.69 Å². The molecule has 12 heteroatoms. The summed E-state index contributed by atoms with van der Waals surface area (Å²) in [6, 6.07) is 6.67. The fourth-order valence-electron chi connectivity index (χ4n) is 5.27. The third-order valence-electron chi connectivity index (χ3n) is 7.20. The van der Waals surface area contributed by atoms with Gasteiger partial charge in [-0.1, -0.05) is 29.3 Å². The molecule has 0 unspecified atom stereocenters. The quantitative estimate of drug-likeness (QED) is 0.419. The molecule has 0 bridgehead atoms. The van der Waals surface area contributed by atoms with Crippen molar-refractivity contribution in [2.24, 2.45) is 11.1 Å². The van der Waals surface area contributed by atoms with E-state index in [0.29, 0.717) is 19.0 Å². The second-order valence-corrected chi connectivity index (χ2v) is 9.82. The zero-order chi connectivity index (χ0) is 24.3. The van der Waals surface area contributed by atoms with Gasteiger partial charge < -0.3 is 10.6 Å². The van der Waals surface area contributed by atoms with Gasteiger partial charge in [-0.2, -0.15) is 4.98 Å². The van der Waals surface area contributed by atoms with E-state index in [1.807, 2.05) is 17.2 Å². The number of piperidine rings is 1. The van der Waals surface area contributed by atoms with Gasteiger partial charge in [-0.25, -0.2) is 9.36 Å². The monoisotopic (exact) mass is 510 g/mol. The third kappa shape index (κ3) is 3.43. The highest BCUT2D eigenvalue weighted by molar-refractivity contribution is 6.43. The second-order valence-electron chi connectivity index (χ2n) is 9.03. The standard InChI is InChI=1S/C23H20Cl2N8O2/c24-14-2-1-3-15(16(14)25)33-20(34)17-19(29-22(33)35)28-21(31-30-17)32-8-5-23(6-9-32)10-12-11-27-7-4-13(12)18(23)26/h1-4,7,11,18H,5-6,8-10,26H2,(H,28,29,31,35)/t18-/m1/s1. The number of anilines is 1. The molecule has 3 aromatic heterocycles. The Hall–Kier alpha value is -3.34. The lowest BCUT2D eigenvalue weighted by Gasteiger charge is -2.42. The van der Waals surface area contributed by atoms with Crippen LogP contribution in [0.4, 0.5) is 5.95 Å².